The SMILES string of the molecule is C[C@H](NS(=O)(=O)c1ccccc1F)C(=O)NCC(c1cccc(F)c1)N1CCOCC1. The Bertz CT molecular complexity index is 1010. The third kappa shape index (κ3) is 6.07. The number of hydrogen-bond donors (Lipinski definition) is 2. The van der Waals surface area contributed by atoms with Crippen LogP contribution in [0.1, 0.15) is 18.5 Å². The van der Waals surface area contributed by atoms with E-state index in [9.17, 15) is 22.0 Å². The van der Waals surface area contributed by atoms with Crippen molar-refractivity contribution in [1.82, 2.24) is 14.9 Å². The second-order valence-corrected chi connectivity index (χ2v) is 8.92. The molecule has 1 aliphatic rings. The monoisotopic (exact) mass is 453 g/mol. The van der Waals surface area contributed by atoms with Gasteiger partial charge in [-0.2, -0.15) is 4.72 Å². The van der Waals surface area contributed by atoms with Crippen molar-refractivity contribution >= 4 is 15.9 Å². The molecule has 2 N–H and O–H groups in total. The van der Waals surface area contributed by atoms with E-state index in [0.29, 0.717) is 31.9 Å². The summed E-state index contributed by atoms with van der Waals surface area (Å²) in [6, 6.07) is 9.63. The summed E-state index contributed by atoms with van der Waals surface area (Å²) in [4.78, 5) is 14.1. The molecule has 1 saturated heterocycles. The molecule has 0 spiro atoms. The standard InChI is InChI=1S/C21H25F2N3O4S/c1-15(25-31(28,29)20-8-3-2-7-18(20)23)21(27)24-14-19(26-9-11-30-12-10-26)16-5-4-6-17(22)13-16/h2-8,13,15,19,25H,9-12,14H2,1H3,(H,24,27)/t15-,19?/m0/s1. The van der Waals surface area contributed by atoms with Crippen molar-refractivity contribution in [3.63, 3.8) is 0 Å². The molecule has 31 heavy (non-hydrogen) atoms. The molecular formula is C21H25F2N3O4S. The predicted molar refractivity (Wildman–Crippen MR) is 111 cm³/mol. The lowest BCUT2D eigenvalue weighted by molar-refractivity contribution is -0.122. The number of carbonyl (C=O) groups is 1. The Morgan fingerprint density at radius 2 is 1.84 bits per heavy atom. The van der Waals surface area contributed by atoms with Crippen LogP contribution in [0, 0.1) is 11.6 Å². The summed E-state index contributed by atoms with van der Waals surface area (Å²) in [5.41, 5.74) is 0.696. The maximum absolute atomic E-state index is 13.9. The van der Waals surface area contributed by atoms with Crippen LogP contribution in [-0.2, 0) is 19.6 Å². The van der Waals surface area contributed by atoms with Crippen LogP contribution in [0.3, 0.4) is 0 Å². The number of ether oxygens (including phenoxy) is 1. The molecule has 0 radical (unpaired) electrons. The van der Waals surface area contributed by atoms with E-state index in [-0.39, 0.29) is 18.4 Å². The van der Waals surface area contributed by atoms with Crippen molar-refractivity contribution in [2.24, 2.45) is 0 Å². The number of halogens is 2. The van der Waals surface area contributed by atoms with Crippen LogP contribution in [0.15, 0.2) is 53.4 Å². The smallest absolute Gasteiger partial charge is 0.244 e. The Hall–Kier alpha value is -2.40. The molecule has 1 fully saturated rings. The van der Waals surface area contributed by atoms with Gasteiger partial charge in [-0.3, -0.25) is 9.69 Å². The zero-order chi connectivity index (χ0) is 22.4. The lowest BCUT2D eigenvalue weighted by atomic mass is 10.0. The lowest BCUT2D eigenvalue weighted by Gasteiger charge is -2.35. The van der Waals surface area contributed by atoms with Crippen molar-refractivity contribution in [3.05, 3.63) is 65.7 Å². The molecule has 0 bridgehead atoms. The molecule has 10 heteroatoms. The highest BCUT2D eigenvalue weighted by Crippen LogP contribution is 2.22. The normalized spacial score (nSPS) is 17.1. The first-order valence-corrected chi connectivity index (χ1v) is 11.4. The first kappa shape index (κ1) is 23.3. The molecule has 2 atom stereocenters. The fraction of sp³-hybridized carbons (Fsp3) is 0.381. The molecule has 2 aromatic rings. The average molecular weight is 454 g/mol. The maximum Gasteiger partial charge on any atom is 0.244 e. The van der Waals surface area contributed by atoms with Crippen molar-refractivity contribution in [2.75, 3.05) is 32.8 Å². The number of hydrogen-bond acceptors (Lipinski definition) is 5. The molecule has 0 aliphatic carbocycles. The maximum atomic E-state index is 13.9. The van der Waals surface area contributed by atoms with Gasteiger partial charge in [-0.25, -0.2) is 17.2 Å². The van der Waals surface area contributed by atoms with E-state index in [1.165, 1.54) is 31.2 Å². The van der Waals surface area contributed by atoms with Gasteiger partial charge in [0.15, 0.2) is 0 Å². The highest BCUT2D eigenvalue weighted by atomic mass is 32.2. The van der Waals surface area contributed by atoms with E-state index in [1.807, 2.05) is 0 Å². The summed E-state index contributed by atoms with van der Waals surface area (Å²) in [7, 11) is -4.21. The Morgan fingerprint density at radius 3 is 2.52 bits per heavy atom. The van der Waals surface area contributed by atoms with Crippen LogP contribution in [0.25, 0.3) is 0 Å². The number of nitrogens with one attached hydrogen (secondary N) is 2. The minimum atomic E-state index is -4.21. The molecule has 2 aromatic carbocycles. The number of sulfonamides is 1. The Morgan fingerprint density at radius 1 is 1.13 bits per heavy atom. The summed E-state index contributed by atoms with van der Waals surface area (Å²) in [6.45, 7) is 3.81. The molecule has 0 saturated carbocycles. The van der Waals surface area contributed by atoms with Crippen LogP contribution >= 0.6 is 0 Å². The van der Waals surface area contributed by atoms with Gasteiger partial charge in [-0.15, -0.1) is 0 Å². The van der Waals surface area contributed by atoms with Crippen LogP contribution < -0.4 is 10.0 Å². The fourth-order valence-corrected chi connectivity index (χ4v) is 4.71. The first-order chi connectivity index (χ1) is 14.8. The van der Waals surface area contributed by atoms with Gasteiger partial charge in [-0.1, -0.05) is 24.3 Å². The van der Waals surface area contributed by atoms with Crippen LogP contribution in [-0.4, -0.2) is 58.1 Å². The topological polar surface area (TPSA) is 87.7 Å². The third-order valence-electron chi connectivity index (χ3n) is 5.04. The summed E-state index contributed by atoms with van der Waals surface area (Å²) < 4.78 is 60.0. The fourth-order valence-electron chi connectivity index (χ4n) is 3.42. The number of benzene rings is 2. The second kappa shape index (κ2) is 10.3. The quantitative estimate of drug-likeness (QED) is 0.637. The molecule has 7 nitrogen and oxygen atoms in total. The summed E-state index contributed by atoms with van der Waals surface area (Å²) in [5, 5.41) is 2.72. The highest BCUT2D eigenvalue weighted by molar-refractivity contribution is 7.89. The molecular weight excluding hydrogens is 428 g/mol. The van der Waals surface area contributed by atoms with Crippen molar-refractivity contribution in [3.8, 4) is 0 Å². The van der Waals surface area contributed by atoms with E-state index in [2.05, 4.69) is 14.9 Å². The van der Waals surface area contributed by atoms with Crippen LogP contribution in [0.4, 0.5) is 8.78 Å². The van der Waals surface area contributed by atoms with Gasteiger partial charge in [0.2, 0.25) is 15.9 Å². The lowest BCUT2D eigenvalue weighted by Crippen LogP contribution is -2.48. The molecule has 1 heterocycles. The van der Waals surface area contributed by atoms with Crippen molar-refractivity contribution < 1.29 is 26.7 Å². The average Bonchev–Trinajstić information content (AvgIpc) is 2.74. The van der Waals surface area contributed by atoms with Crippen molar-refractivity contribution in [1.29, 1.82) is 0 Å². The molecule has 1 unspecified atom stereocenters. The van der Waals surface area contributed by atoms with Gasteiger partial charge in [0.25, 0.3) is 0 Å². The van der Waals surface area contributed by atoms with Crippen LogP contribution in [0.5, 0.6) is 0 Å². The third-order valence-corrected chi connectivity index (χ3v) is 6.61. The zero-order valence-electron chi connectivity index (χ0n) is 17.1. The van der Waals surface area contributed by atoms with E-state index < -0.39 is 32.7 Å². The minimum Gasteiger partial charge on any atom is -0.379 e. The van der Waals surface area contributed by atoms with Crippen LogP contribution in [0.2, 0.25) is 0 Å². The van der Waals surface area contributed by atoms with E-state index in [1.54, 1.807) is 12.1 Å². The van der Waals surface area contributed by atoms with Gasteiger partial charge in [0.05, 0.1) is 25.3 Å². The van der Waals surface area contributed by atoms with E-state index >= 15 is 0 Å². The molecule has 168 valence electrons. The zero-order valence-corrected chi connectivity index (χ0v) is 17.9. The molecule has 3 rings (SSSR count). The number of morpholine rings is 1. The largest absolute Gasteiger partial charge is 0.379 e. The van der Waals surface area contributed by atoms with Gasteiger partial charge >= 0.3 is 0 Å². The van der Waals surface area contributed by atoms with Gasteiger partial charge in [0.1, 0.15) is 16.5 Å². The molecule has 1 aliphatic heterocycles. The minimum absolute atomic E-state index is 0.147. The van der Waals surface area contributed by atoms with Gasteiger partial charge in [-0.05, 0) is 36.8 Å². The highest BCUT2D eigenvalue weighted by Gasteiger charge is 2.27. The van der Waals surface area contributed by atoms with Crippen molar-refractivity contribution in [2.45, 2.75) is 23.9 Å². The molecule has 1 amide bonds. The van der Waals surface area contributed by atoms with E-state index in [4.69, 9.17) is 4.74 Å². The number of carbonyl (C=O) groups excluding carboxylic acids is 1. The second-order valence-electron chi connectivity index (χ2n) is 7.24. The summed E-state index contributed by atoms with van der Waals surface area (Å²) in [6.07, 6.45) is 0. The first-order valence-electron chi connectivity index (χ1n) is 9.90. The number of rotatable bonds is 8. The Kier molecular flexibility index (Phi) is 7.71. The van der Waals surface area contributed by atoms with Gasteiger partial charge < -0.3 is 10.1 Å². The summed E-state index contributed by atoms with van der Waals surface area (Å²) >= 11 is 0. The molecule has 0 aromatic heterocycles. The van der Waals surface area contributed by atoms with Gasteiger partial charge in [0, 0.05) is 19.6 Å². The number of amides is 1. The summed E-state index contributed by atoms with van der Waals surface area (Å²) in [5.74, 6) is -1.86. The Labute approximate surface area is 180 Å². The predicted octanol–water partition coefficient (Wildman–Crippen LogP) is 1.82. The Balaban J connectivity index is 1.68. The van der Waals surface area contributed by atoms with E-state index in [0.717, 1.165) is 12.1 Å². The number of nitrogens with zero attached hydrogens (tertiary/aromatic N) is 1.